The third-order valence-corrected chi connectivity index (χ3v) is 6.59. The summed E-state index contributed by atoms with van der Waals surface area (Å²) in [7, 11) is 0. The standard InChI is InChI=1S/C24H21F2N3O3/c1-2-15-5-8-27-19(11-15)22(30)28-9-6-24(7-10-28)23(31)29-20(3-4-21(29)32-24)16-12-17(25)14-18(26)13-16/h1,5,8,11-14,20-21H,3-4,6-7,9-10H2. The molecule has 2 unspecified atom stereocenters. The van der Waals surface area contributed by atoms with Crippen LogP contribution in [0.1, 0.15) is 53.3 Å². The van der Waals surface area contributed by atoms with E-state index in [1.807, 2.05) is 0 Å². The van der Waals surface area contributed by atoms with Crippen LogP contribution in [0.3, 0.4) is 0 Å². The lowest BCUT2D eigenvalue weighted by Crippen LogP contribution is -2.51. The number of pyridine rings is 1. The number of likely N-dealkylation sites (tertiary alicyclic amines) is 1. The molecule has 1 aromatic heterocycles. The van der Waals surface area contributed by atoms with E-state index in [2.05, 4.69) is 10.9 Å². The number of amides is 2. The highest BCUT2D eigenvalue weighted by Gasteiger charge is 2.58. The van der Waals surface area contributed by atoms with Crippen molar-refractivity contribution in [1.82, 2.24) is 14.8 Å². The van der Waals surface area contributed by atoms with Gasteiger partial charge in [0.05, 0.1) is 6.04 Å². The van der Waals surface area contributed by atoms with Gasteiger partial charge in [-0.15, -0.1) is 6.42 Å². The molecule has 8 heteroatoms. The third-order valence-electron chi connectivity index (χ3n) is 6.59. The number of aromatic nitrogens is 1. The molecule has 1 aromatic carbocycles. The van der Waals surface area contributed by atoms with E-state index in [9.17, 15) is 18.4 Å². The number of halogens is 2. The van der Waals surface area contributed by atoms with Crippen molar-refractivity contribution >= 4 is 11.8 Å². The number of carbonyl (C=O) groups excluding carboxylic acids is 2. The Balaban J connectivity index is 1.31. The second kappa shape index (κ2) is 7.68. The van der Waals surface area contributed by atoms with Gasteiger partial charge in [-0.3, -0.25) is 14.6 Å². The number of terminal acetylenes is 1. The Morgan fingerprint density at radius 2 is 1.88 bits per heavy atom. The minimum atomic E-state index is -1.01. The molecule has 3 aliphatic rings. The van der Waals surface area contributed by atoms with Crippen molar-refractivity contribution in [2.75, 3.05) is 13.1 Å². The van der Waals surface area contributed by atoms with Gasteiger partial charge in [-0.1, -0.05) is 5.92 Å². The third kappa shape index (κ3) is 3.33. The van der Waals surface area contributed by atoms with Crippen LogP contribution in [0.15, 0.2) is 36.5 Å². The van der Waals surface area contributed by atoms with E-state index >= 15 is 0 Å². The highest BCUT2D eigenvalue weighted by molar-refractivity contribution is 5.93. The molecule has 2 atom stereocenters. The van der Waals surface area contributed by atoms with Gasteiger partial charge in [-0.05, 0) is 42.7 Å². The molecule has 32 heavy (non-hydrogen) atoms. The normalized spacial score (nSPS) is 24.0. The Bertz CT molecular complexity index is 1120. The highest BCUT2D eigenvalue weighted by Crippen LogP contribution is 2.47. The fourth-order valence-electron chi connectivity index (χ4n) is 5.01. The van der Waals surface area contributed by atoms with Gasteiger partial charge in [0.15, 0.2) is 5.60 Å². The molecule has 1 spiro atoms. The van der Waals surface area contributed by atoms with Gasteiger partial charge < -0.3 is 14.5 Å². The van der Waals surface area contributed by atoms with E-state index < -0.39 is 29.5 Å². The number of carbonyl (C=O) groups is 2. The van der Waals surface area contributed by atoms with E-state index in [1.54, 1.807) is 21.9 Å². The Morgan fingerprint density at radius 3 is 2.56 bits per heavy atom. The fourth-order valence-corrected chi connectivity index (χ4v) is 5.01. The smallest absolute Gasteiger partial charge is 0.272 e. The van der Waals surface area contributed by atoms with Crippen LogP contribution in [-0.4, -0.2) is 51.5 Å². The minimum absolute atomic E-state index is 0.172. The Labute approximate surface area is 184 Å². The van der Waals surface area contributed by atoms with Crippen LogP contribution < -0.4 is 0 Å². The van der Waals surface area contributed by atoms with Crippen LogP contribution in [0, 0.1) is 24.0 Å². The van der Waals surface area contributed by atoms with Gasteiger partial charge in [0, 0.05) is 43.8 Å². The molecule has 4 heterocycles. The topological polar surface area (TPSA) is 62.7 Å². The maximum atomic E-state index is 13.7. The molecule has 3 fully saturated rings. The summed E-state index contributed by atoms with van der Waals surface area (Å²) in [5.74, 6) is 0.745. The summed E-state index contributed by atoms with van der Waals surface area (Å²) in [6, 6.07) is 6.16. The van der Waals surface area contributed by atoms with Crippen molar-refractivity contribution in [2.45, 2.75) is 43.6 Å². The number of rotatable bonds is 2. The van der Waals surface area contributed by atoms with Crippen LogP contribution in [0.2, 0.25) is 0 Å². The average Bonchev–Trinajstić information content (AvgIpc) is 3.31. The van der Waals surface area contributed by atoms with Gasteiger partial charge in [-0.25, -0.2) is 8.78 Å². The van der Waals surface area contributed by atoms with E-state index in [0.29, 0.717) is 49.9 Å². The second-order valence-corrected chi connectivity index (χ2v) is 8.44. The monoisotopic (exact) mass is 437 g/mol. The number of fused-ring (bicyclic) bond motifs is 1. The lowest BCUT2D eigenvalue weighted by atomic mass is 9.89. The van der Waals surface area contributed by atoms with Crippen LogP contribution in [-0.2, 0) is 9.53 Å². The Hall–Kier alpha value is -3.31. The number of ether oxygens (including phenoxy) is 1. The first-order chi connectivity index (χ1) is 15.4. The van der Waals surface area contributed by atoms with Crippen molar-refractivity contribution in [3.8, 4) is 12.3 Å². The molecule has 2 amide bonds. The number of piperidine rings is 1. The summed E-state index contributed by atoms with van der Waals surface area (Å²) in [4.78, 5) is 33.7. The van der Waals surface area contributed by atoms with Crippen molar-refractivity contribution < 1.29 is 23.1 Å². The van der Waals surface area contributed by atoms with Crippen LogP contribution in [0.4, 0.5) is 8.78 Å². The molecule has 164 valence electrons. The van der Waals surface area contributed by atoms with E-state index in [-0.39, 0.29) is 17.5 Å². The summed E-state index contributed by atoms with van der Waals surface area (Å²) < 4.78 is 33.7. The van der Waals surface area contributed by atoms with E-state index in [4.69, 9.17) is 11.2 Å². The van der Waals surface area contributed by atoms with E-state index in [0.717, 1.165) is 6.07 Å². The molecule has 5 rings (SSSR count). The largest absolute Gasteiger partial charge is 0.342 e. The van der Waals surface area contributed by atoms with Gasteiger partial charge in [0.25, 0.3) is 11.8 Å². The molecular weight excluding hydrogens is 416 g/mol. The molecule has 0 aliphatic carbocycles. The second-order valence-electron chi connectivity index (χ2n) is 8.44. The number of hydrogen-bond acceptors (Lipinski definition) is 4. The predicted molar refractivity (Wildman–Crippen MR) is 110 cm³/mol. The molecule has 0 saturated carbocycles. The molecule has 3 saturated heterocycles. The zero-order chi connectivity index (χ0) is 22.5. The summed E-state index contributed by atoms with van der Waals surface area (Å²) in [6.07, 6.45) is 8.36. The summed E-state index contributed by atoms with van der Waals surface area (Å²) in [5.41, 5.74) is 0.265. The zero-order valence-electron chi connectivity index (χ0n) is 17.3. The minimum Gasteiger partial charge on any atom is -0.342 e. The zero-order valence-corrected chi connectivity index (χ0v) is 17.3. The predicted octanol–water partition coefficient (Wildman–Crippen LogP) is 3.04. The first-order valence-electron chi connectivity index (χ1n) is 10.6. The summed E-state index contributed by atoms with van der Waals surface area (Å²) in [6.45, 7) is 0.679. The number of nitrogens with zero attached hydrogens (tertiary/aromatic N) is 3. The van der Waals surface area contributed by atoms with Crippen LogP contribution >= 0.6 is 0 Å². The SMILES string of the molecule is C#Cc1ccnc(C(=O)N2CCC3(CC2)OC2CCC(c4cc(F)cc(F)c4)N2C3=O)c1. The average molecular weight is 437 g/mol. The molecule has 6 nitrogen and oxygen atoms in total. The summed E-state index contributed by atoms with van der Waals surface area (Å²) in [5, 5.41) is 0. The first-order valence-corrected chi connectivity index (χ1v) is 10.6. The van der Waals surface area contributed by atoms with Gasteiger partial charge >= 0.3 is 0 Å². The Morgan fingerprint density at radius 1 is 1.16 bits per heavy atom. The molecule has 0 radical (unpaired) electrons. The van der Waals surface area contributed by atoms with Crippen LogP contribution in [0.5, 0.6) is 0 Å². The Kier molecular flexibility index (Phi) is 4.94. The molecule has 0 bridgehead atoms. The first kappa shape index (κ1) is 20.6. The summed E-state index contributed by atoms with van der Waals surface area (Å²) >= 11 is 0. The van der Waals surface area contributed by atoms with Gasteiger partial charge in [0.2, 0.25) is 0 Å². The highest BCUT2D eigenvalue weighted by atomic mass is 19.1. The number of hydrogen-bond donors (Lipinski definition) is 0. The van der Waals surface area contributed by atoms with Crippen molar-refractivity contribution in [2.24, 2.45) is 0 Å². The maximum Gasteiger partial charge on any atom is 0.272 e. The molecule has 3 aliphatic heterocycles. The van der Waals surface area contributed by atoms with Crippen molar-refractivity contribution in [1.29, 1.82) is 0 Å². The molecule has 2 aromatic rings. The lowest BCUT2D eigenvalue weighted by Gasteiger charge is -2.37. The van der Waals surface area contributed by atoms with E-state index in [1.165, 1.54) is 18.3 Å². The van der Waals surface area contributed by atoms with Gasteiger partial charge in [0.1, 0.15) is 23.6 Å². The number of benzene rings is 1. The van der Waals surface area contributed by atoms with Crippen molar-refractivity contribution in [3.63, 3.8) is 0 Å². The molecule has 0 N–H and O–H groups in total. The fraction of sp³-hybridized carbons (Fsp3) is 0.375. The molecular formula is C24H21F2N3O3. The van der Waals surface area contributed by atoms with Crippen molar-refractivity contribution in [3.05, 3.63) is 65.0 Å². The quantitative estimate of drug-likeness (QED) is 0.678. The maximum absolute atomic E-state index is 13.7. The van der Waals surface area contributed by atoms with Gasteiger partial charge in [-0.2, -0.15) is 0 Å². The lowest BCUT2D eigenvalue weighted by molar-refractivity contribution is -0.142. The van der Waals surface area contributed by atoms with Crippen LogP contribution in [0.25, 0.3) is 0 Å².